The number of rotatable bonds is 15. The molecule has 2 aliphatic heterocycles. The van der Waals surface area contributed by atoms with E-state index in [0.29, 0.717) is 38.1 Å². The number of hydrogen-bond donors (Lipinski definition) is 4. The normalized spacial score (nSPS) is 22.8. The van der Waals surface area contributed by atoms with Crippen molar-refractivity contribution in [2.75, 3.05) is 13.1 Å². The van der Waals surface area contributed by atoms with E-state index in [4.69, 9.17) is 4.74 Å². The van der Waals surface area contributed by atoms with Crippen LogP contribution in [-0.2, 0) is 27.2 Å². The molecular weight excluding hydrogens is 644 g/mol. The molecule has 7 atom stereocenters. The number of aromatic nitrogens is 1. The monoisotopic (exact) mass is 691 g/mol. The number of nitrogens with zero attached hydrogens (tertiary/aromatic N) is 2. The predicted octanol–water partition coefficient (Wildman–Crippen LogP) is 3.71. The fourth-order valence-corrected chi connectivity index (χ4v) is 7.26. The molecule has 2 aromatic carbocycles. The van der Waals surface area contributed by atoms with E-state index < -0.39 is 47.3 Å². The van der Waals surface area contributed by atoms with Gasteiger partial charge in [0.05, 0.1) is 12.1 Å². The highest BCUT2D eigenvalue weighted by molar-refractivity contribution is 5.96. The average Bonchev–Trinajstić information content (AvgIpc) is 3.68. The number of carbonyl (C=O) groups excluding carboxylic acids is 3. The van der Waals surface area contributed by atoms with Crippen LogP contribution in [0.25, 0.3) is 0 Å². The first-order valence-electron chi connectivity index (χ1n) is 17.4. The zero-order valence-corrected chi connectivity index (χ0v) is 28.8. The van der Waals surface area contributed by atoms with Gasteiger partial charge in [0, 0.05) is 50.8 Å². The molecule has 3 aromatic rings. The number of aliphatic hydroxyl groups excluding tert-OH is 1. The Bertz CT molecular complexity index is 1600. The van der Waals surface area contributed by atoms with Crippen LogP contribution in [0.3, 0.4) is 0 Å². The third-order valence-electron chi connectivity index (χ3n) is 10.1. The number of amides is 3. The largest absolute Gasteiger partial charge is 0.473 e. The lowest BCUT2D eigenvalue weighted by Gasteiger charge is -2.36. The van der Waals surface area contributed by atoms with Gasteiger partial charge in [0.2, 0.25) is 23.6 Å². The highest BCUT2D eigenvalue weighted by Gasteiger charge is 2.53. The molecule has 2 fully saturated rings. The van der Waals surface area contributed by atoms with Crippen molar-refractivity contribution in [2.45, 2.75) is 95.2 Å². The molecule has 5 rings (SSSR count). The molecule has 0 aliphatic carbocycles. The molecule has 3 heterocycles. The number of benzene rings is 2. The Hall–Kier alpha value is -4.42. The second-order valence-corrected chi connectivity index (χ2v) is 13.5. The number of hydrogen-bond acceptors (Lipinski definition) is 7. The summed E-state index contributed by atoms with van der Waals surface area (Å²) in [5.74, 6) is -2.45. The summed E-state index contributed by atoms with van der Waals surface area (Å²) in [5, 5.41) is 20.9. The number of aryl methyl sites for hydroxylation is 1. The summed E-state index contributed by atoms with van der Waals surface area (Å²) in [6, 6.07) is 15.6. The van der Waals surface area contributed by atoms with Crippen molar-refractivity contribution in [3.05, 3.63) is 95.7 Å². The van der Waals surface area contributed by atoms with E-state index in [9.17, 15) is 28.3 Å². The van der Waals surface area contributed by atoms with Crippen molar-refractivity contribution in [1.29, 1.82) is 0 Å². The van der Waals surface area contributed by atoms with Crippen LogP contribution in [-0.4, -0.2) is 81.7 Å². The molecule has 0 saturated carbocycles. The van der Waals surface area contributed by atoms with E-state index in [1.807, 2.05) is 50.2 Å². The maximum absolute atomic E-state index is 14.4. The molecular formula is C38H47F2N5O5. The molecule has 0 unspecified atom stereocenters. The molecule has 0 bridgehead atoms. The molecule has 2 saturated heterocycles. The van der Waals surface area contributed by atoms with Crippen LogP contribution in [0.1, 0.15) is 57.6 Å². The second-order valence-electron chi connectivity index (χ2n) is 13.5. The number of likely N-dealkylation sites (tertiary alicyclic amines) is 1. The van der Waals surface area contributed by atoms with Crippen molar-refractivity contribution >= 4 is 17.7 Å². The van der Waals surface area contributed by atoms with E-state index in [1.54, 1.807) is 18.3 Å². The smallest absolute Gasteiger partial charge is 0.249 e. The lowest BCUT2D eigenvalue weighted by atomic mass is 9.81. The Morgan fingerprint density at radius 2 is 1.82 bits per heavy atom. The molecule has 12 heteroatoms. The maximum Gasteiger partial charge on any atom is 0.249 e. The van der Waals surface area contributed by atoms with Gasteiger partial charge in [0.1, 0.15) is 29.3 Å². The van der Waals surface area contributed by atoms with Crippen molar-refractivity contribution < 1.29 is 33.0 Å². The second kappa shape index (κ2) is 16.5. The van der Waals surface area contributed by atoms with Crippen LogP contribution in [0, 0.1) is 17.6 Å². The summed E-state index contributed by atoms with van der Waals surface area (Å²) in [5.41, 5.74) is 0.0823. The number of ether oxygens (including phenoxy) is 1. The van der Waals surface area contributed by atoms with Gasteiger partial charge in [-0.3, -0.25) is 14.4 Å². The molecule has 10 nitrogen and oxygen atoms in total. The van der Waals surface area contributed by atoms with Gasteiger partial charge in [-0.2, -0.15) is 0 Å². The maximum atomic E-state index is 14.4. The highest BCUT2D eigenvalue weighted by atomic mass is 19.1. The summed E-state index contributed by atoms with van der Waals surface area (Å²) in [6.45, 7) is 5.91. The number of halogens is 2. The van der Waals surface area contributed by atoms with Crippen LogP contribution in [0.4, 0.5) is 8.78 Å². The van der Waals surface area contributed by atoms with Crippen LogP contribution in [0.15, 0.2) is 72.9 Å². The number of pyridine rings is 1. The SMILES string of the molecule is CC[C@@H](C)[C@@]1(NC(C)=O)CCN([C@@H](CCc2ccccc2)C(=O)N[C@@H](Cc2cc(F)cc(F)c2)[C@@H](O)[C@H]2C[C@@H](Oc3ccccn3)CN2)C1=O. The lowest BCUT2D eigenvalue weighted by Crippen LogP contribution is -2.61. The highest BCUT2D eigenvalue weighted by Crippen LogP contribution is 2.35. The molecule has 0 radical (unpaired) electrons. The summed E-state index contributed by atoms with van der Waals surface area (Å²) in [7, 11) is 0. The molecule has 3 amide bonds. The minimum absolute atomic E-state index is 0.0758. The van der Waals surface area contributed by atoms with E-state index in [2.05, 4.69) is 20.9 Å². The molecule has 1 aromatic heterocycles. The van der Waals surface area contributed by atoms with Crippen molar-refractivity contribution in [2.24, 2.45) is 5.92 Å². The van der Waals surface area contributed by atoms with Crippen LogP contribution < -0.4 is 20.7 Å². The van der Waals surface area contributed by atoms with Gasteiger partial charge in [-0.15, -0.1) is 0 Å². The van der Waals surface area contributed by atoms with Gasteiger partial charge < -0.3 is 30.7 Å². The fraction of sp³-hybridized carbons (Fsp3) is 0.474. The quantitative estimate of drug-likeness (QED) is 0.191. The van der Waals surface area contributed by atoms with Gasteiger partial charge >= 0.3 is 0 Å². The molecule has 0 spiro atoms. The zero-order chi connectivity index (χ0) is 35.8. The van der Waals surface area contributed by atoms with Gasteiger partial charge in [-0.1, -0.05) is 56.7 Å². The Morgan fingerprint density at radius 1 is 1.10 bits per heavy atom. The first-order chi connectivity index (χ1) is 24.0. The fourth-order valence-electron chi connectivity index (χ4n) is 7.26. The standard InChI is InChI=1S/C38H47F2N5O5/c1-4-24(2)38(44-25(3)46)15-17-45(37(38)49)33(14-13-26-10-6-5-7-11-26)36(48)43-32(20-27-18-28(39)21-29(40)19-27)35(47)31-22-30(23-42-31)50-34-12-8-9-16-41-34/h5-12,16,18-19,21,24,30-33,35,42,47H,4,13-15,17,20,22-23H2,1-3H3,(H,43,48)(H,44,46)/t24-,30-,31-,32+,33+,35+,38+/m1/s1. The Kier molecular flexibility index (Phi) is 12.2. The Balaban J connectivity index is 1.41. The van der Waals surface area contributed by atoms with E-state index >= 15 is 0 Å². The topological polar surface area (TPSA) is 133 Å². The van der Waals surface area contributed by atoms with Gasteiger partial charge in [-0.25, -0.2) is 13.8 Å². The van der Waals surface area contributed by atoms with E-state index in [1.165, 1.54) is 24.0 Å². The van der Waals surface area contributed by atoms with Crippen LogP contribution in [0.2, 0.25) is 0 Å². The van der Waals surface area contributed by atoms with Crippen molar-refractivity contribution in [3.8, 4) is 5.88 Å². The zero-order valence-electron chi connectivity index (χ0n) is 28.8. The minimum atomic E-state index is -1.19. The lowest BCUT2D eigenvalue weighted by molar-refractivity contribution is -0.144. The summed E-state index contributed by atoms with van der Waals surface area (Å²) >= 11 is 0. The van der Waals surface area contributed by atoms with Gasteiger partial charge in [0.25, 0.3) is 0 Å². The summed E-state index contributed by atoms with van der Waals surface area (Å²) in [6.07, 6.45) is 2.17. The van der Waals surface area contributed by atoms with Crippen molar-refractivity contribution in [3.63, 3.8) is 0 Å². The van der Waals surface area contributed by atoms with Crippen molar-refractivity contribution in [1.82, 2.24) is 25.8 Å². The molecule has 2 aliphatic rings. The number of nitrogens with one attached hydrogen (secondary N) is 3. The van der Waals surface area contributed by atoms with Crippen LogP contribution in [0.5, 0.6) is 5.88 Å². The molecule has 4 N–H and O–H groups in total. The van der Waals surface area contributed by atoms with E-state index in [0.717, 1.165) is 11.6 Å². The van der Waals surface area contributed by atoms with Crippen LogP contribution >= 0.6 is 0 Å². The summed E-state index contributed by atoms with van der Waals surface area (Å²) in [4.78, 5) is 46.8. The molecule has 50 heavy (non-hydrogen) atoms. The summed E-state index contributed by atoms with van der Waals surface area (Å²) < 4.78 is 34.6. The first-order valence-corrected chi connectivity index (χ1v) is 17.4. The Labute approximate surface area is 292 Å². The predicted molar refractivity (Wildman–Crippen MR) is 184 cm³/mol. The third-order valence-corrected chi connectivity index (χ3v) is 10.1. The Morgan fingerprint density at radius 3 is 2.48 bits per heavy atom. The minimum Gasteiger partial charge on any atom is -0.473 e. The van der Waals surface area contributed by atoms with Gasteiger partial charge in [-0.05, 0) is 60.9 Å². The third kappa shape index (κ3) is 8.83. The average molecular weight is 692 g/mol. The van der Waals surface area contributed by atoms with E-state index in [-0.39, 0.29) is 48.8 Å². The number of aliphatic hydroxyl groups is 1. The first kappa shape index (κ1) is 36.9. The number of carbonyl (C=O) groups is 3. The van der Waals surface area contributed by atoms with Gasteiger partial charge in [0.15, 0.2) is 0 Å². The molecule has 268 valence electrons.